The highest BCUT2D eigenvalue weighted by molar-refractivity contribution is 14.1. The number of non-ortho nitro benzene ring substituents is 1. The van der Waals surface area contributed by atoms with Gasteiger partial charge in [0.2, 0.25) is 5.91 Å². The van der Waals surface area contributed by atoms with Crippen LogP contribution in [0.4, 0.5) is 11.4 Å². The van der Waals surface area contributed by atoms with Crippen molar-refractivity contribution >= 4 is 57.5 Å². The normalized spacial score (nSPS) is 11.5. The number of nitrogens with zero attached hydrogens (tertiary/aromatic N) is 1. The third-order valence-electron chi connectivity index (χ3n) is 3.64. The number of thioether (sulfide) groups is 1. The number of nitro benzene ring substituents is 1. The Bertz CT molecular complexity index is 847. The molecule has 0 aromatic heterocycles. The van der Waals surface area contributed by atoms with Crippen LogP contribution in [-0.4, -0.2) is 34.8 Å². The van der Waals surface area contributed by atoms with Crippen LogP contribution < -0.4 is 10.6 Å². The van der Waals surface area contributed by atoms with Crippen LogP contribution >= 0.6 is 34.4 Å². The summed E-state index contributed by atoms with van der Waals surface area (Å²) in [6, 6.07) is 12.0. The van der Waals surface area contributed by atoms with Gasteiger partial charge in [0.1, 0.15) is 6.04 Å². The maximum atomic E-state index is 12.6. The predicted octanol–water partition coefficient (Wildman–Crippen LogP) is 3.69. The smallest absolute Gasteiger partial charge is 0.270 e. The summed E-state index contributed by atoms with van der Waals surface area (Å²) in [5.74, 6) is -0.174. The minimum atomic E-state index is -0.748. The molecule has 9 heteroatoms. The van der Waals surface area contributed by atoms with E-state index in [4.69, 9.17) is 0 Å². The van der Waals surface area contributed by atoms with Crippen LogP contribution in [0.15, 0.2) is 48.5 Å². The van der Waals surface area contributed by atoms with Gasteiger partial charge in [0.05, 0.1) is 4.92 Å². The first-order valence-corrected chi connectivity index (χ1v) is 10.5. The lowest BCUT2D eigenvalue weighted by Gasteiger charge is -2.18. The molecule has 2 N–H and O–H groups in total. The first-order chi connectivity index (χ1) is 12.9. The Hall–Kier alpha value is -2.14. The number of benzene rings is 2. The van der Waals surface area contributed by atoms with Crippen molar-refractivity contribution in [1.29, 1.82) is 0 Å². The lowest BCUT2D eigenvalue weighted by molar-refractivity contribution is -0.384. The van der Waals surface area contributed by atoms with Crippen LogP contribution in [0.25, 0.3) is 0 Å². The molecule has 0 heterocycles. The number of anilines is 1. The van der Waals surface area contributed by atoms with Crippen LogP contribution in [0.1, 0.15) is 16.8 Å². The Kier molecular flexibility index (Phi) is 8.04. The van der Waals surface area contributed by atoms with E-state index in [0.29, 0.717) is 17.9 Å². The molecule has 7 nitrogen and oxygen atoms in total. The Morgan fingerprint density at radius 2 is 1.96 bits per heavy atom. The van der Waals surface area contributed by atoms with Gasteiger partial charge in [-0.1, -0.05) is 12.1 Å². The molecule has 0 saturated carbocycles. The van der Waals surface area contributed by atoms with Crippen LogP contribution in [0.5, 0.6) is 0 Å². The van der Waals surface area contributed by atoms with Crippen molar-refractivity contribution in [1.82, 2.24) is 5.32 Å². The number of hydrogen-bond acceptors (Lipinski definition) is 5. The summed E-state index contributed by atoms with van der Waals surface area (Å²) in [6.45, 7) is 0. The van der Waals surface area contributed by atoms with Gasteiger partial charge >= 0.3 is 0 Å². The largest absolute Gasteiger partial charge is 0.340 e. The highest BCUT2D eigenvalue weighted by Gasteiger charge is 2.22. The number of carbonyl (C=O) groups excluding carboxylic acids is 2. The van der Waals surface area contributed by atoms with E-state index in [0.717, 1.165) is 3.57 Å². The molecule has 27 heavy (non-hydrogen) atoms. The average molecular weight is 499 g/mol. The summed E-state index contributed by atoms with van der Waals surface area (Å²) in [5.41, 5.74) is 0.609. The summed E-state index contributed by atoms with van der Waals surface area (Å²) < 4.78 is 0.978. The van der Waals surface area contributed by atoms with Crippen LogP contribution in [0.2, 0.25) is 0 Å². The highest BCUT2D eigenvalue weighted by Crippen LogP contribution is 2.15. The second-order valence-electron chi connectivity index (χ2n) is 5.61. The summed E-state index contributed by atoms with van der Waals surface area (Å²) >= 11 is 3.71. The maximum Gasteiger partial charge on any atom is 0.270 e. The Morgan fingerprint density at radius 3 is 2.63 bits per heavy atom. The zero-order valence-electron chi connectivity index (χ0n) is 14.5. The minimum Gasteiger partial charge on any atom is -0.340 e. The van der Waals surface area contributed by atoms with Gasteiger partial charge in [-0.25, -0.2) is 0 Å². The SMILES string of the molecule is CSCCC(NC(=O)c1cccc([N+](=O)[O-])c1)C(=O)Nc1cccc(I)c1. The molecule has 0 aliphatic heterocycles. The fourth-order valence-corrected chi connectivity index (χ4v) is 3.32. The third-order valence-corrected chi connectivity index (χ3v) is 4.96. The molecule has 0 spiro atoms. The lowest BCUT2D eigenvalue weighted by Crippen LogP contribution is -2.44. The summed E-state index contributed by atoms with van der Waals surface area (Å²) in [6.07, 6.45) is 2.36. The molecule has 2 amide bonds. The first kappa shape index (κ1) is 21.2. The molecule has 0 aliphatic carbocycles. The van der Waals surface area contributed by atoms with Crippen molar-refractivity contribution in [2.24, 2.45) is 0 Å². The molecule has 0 aliphatic rings. The number of carbonyl (C=O) groups is 2. The highest BCUT2D eigenvalue weighted by atomic mass is 127. The Balaban J connectivity index is 2.13. The molecule has 0 fully saturated rings. The molecule has 2 aromatic rings. The second-order valence-corrected chi connectivity index (χ2v) is 7.85. The minimum absolute atomic E-state index is 0.139. The van der Waals surface area contributed by atoms with Gasteiger partial charge in [0, 0.05) is 27.0 Å². The number of rotatable bonds is 8. The number of nitrogens with one attached hydrogen (secondary N) is 2. The van der Waals surface area contributed by atoms with E-state index >= 15 is 0 Å². The van der Waals surface area contributed by atoms with Crippen molar-refractivity contribution in [2.45, 2.75) is 12.5 Å². The van der Waals surface area contributed by atoms with Gasteiger partial charge in [-0.3, -0.25) is 19.7 Å². The van der Waals surface area contributed by atoms with Crippen LogP contribution in [0, 0.1) is 13.7 Å². The van der Waals surface area contributed by atoms with Crippen LogP contribution in [-0.2, 0) is 4.79 Å². The van der Waals surface area contributed by atoms with E-state index in [1.165, 1.54) is 24.3 Å². The van der Waals surface area contributed by atoms with Gasteiger partial charge in [-0.15, -0.1) is 0 Å². The molecule has 0 saturated heterocycles. The fraction of sp³-hybridized carbons (Fsp3) is 0.222. The van der Waals surface area contributed by atoms with E-state index in [1.807, 2.05) is 24.5 Å². The second kappa shape index (κ2) is 10.3. The van der Waals surface area contributed by atoms with E-state index in [9.17, 15) is 19.7 Å². The fourth-order valence-electron chi connectivity index (χ4n) is 2.30. The monoisotopic (exact) mass is 499 g/mol. The standard InChI is InChI=1S/C18H18IN3O4S/c1-27-9-8-16(18(24)20-14-6-3-5-13(19)11-14)21-17(23)12-4-2-7-15(10-12)22(25)26/h2-7,10-11,16H,8-9H2,1H3,(H,20,24)(H,21,23). The zero-order valence-corrected chi connectivity index (χ0v) is 17.5. The Morgan fingerprint density at radius 1 is 1.22 bits per heavy atom. The molecule has 2 aromatic carbocycles. The van der Waals surface area contributed by atoms with Gasteiger partial charge in [0.15, 0.2) is 0 Å². The van der Waals surface area contributed by atoms with Crippen LogP contribution in [0.3, 0.4) is 0 Å². The topological polar surface area (TPSA) is 101 Å². The first-order valence-electron chi connectivity index (χ1n) is 8.01. The molecule has 2 rings (SSSR count). The van der Waals surface area contributed by atoms with E-state index < -0.39 is 16.9 Å². The molecule has 142 valence electrons. The number of hydrogen-bond donors (Lipinski definition) is 2. The Labute approximate surface area is 174 Å². The predicted molar refractivity (Wildman–Crippen MR) is 115 cm³/mol. The van der Waals surface area contributed by atoms with Crippen molar-refractivity contribution in [3.05, 3.63) is 67.8 Å². The van der Waals surface area contributed by atoms with Gasteiger partial charge < -0.3 is 10.6 Å². The van der Waals surface area contributed by atoms with E-state index in [-0.39, 0.29) is 17.2 Å². The molecule has 1 unspecified atom stereocenters. The molecule has 0 bridgehead atoms. The number of halogens is 1. The van der Waals surface area contributed by atoms with Gasteiger partial charge in [-0.05, 0) is 65.3 Å². The van der Waals surface area contributed by atoms with E-state index in [2.05, 4.69) is 33.2 Å². The maximum absolute atomic E-state index is 12.6. The summed E-state index contributed by atoms with van der Waals surface area (Å²) in [5, 5.41) is 16.4. The summed E-state index contributed by atoms with van der Waals surface area (Å²) in [7, 11) is 0. The summed E-state index contributed by atoms with van der Waals surface area (Å²) in [4.78, 5) is 35.4. The lowest BCUT2D eigenvalue weighted by atomic mass is 10.1. The number of nitro groups is 1. The molecular weight excluding hydrogens is 481 g/mol. The zero-order chi connectivity index (χ0) is 19.8. The van der Waals surface area contributed by atoms with Gasteiger partial charge in [-0.2, -0.15) is 11.8 Å². The van der Waals surface area contributed by atoms with Crippen molar-refractivity contribution in [3.8, 4) is 0 Å². The number of amides is 2. The third kappa shape index (κ3) is 6.51. The average Bonchev–Trinajstić information content (AvgIpc) is 2.65. The van der Waals surface area contributed by atoms with Gasteiger partial charge in [0.25, 0.3) is 11.6 Å². The van der Waals surface area contributed by atoms with Crippen molar-refractivity contribution in [3.63, 3.8) is 0 Å². The molecular formula is C18H18IN3O4S. The quantitative estimate of drug-likeness (QED) is 0.328. The van der Waals surface area contributed by atoms with E-state index in [1.54, 1.807) is 17.8 Å². The molecule has 1 atom stereocenters. The molecule has 0 radical (unpaired) electrons. The van der Waals surface area contributed by atoms with Crippen molar-refractivity contribution < 1.29 is 14.5 Å². The van der Waals surface area contributed by atoms with Crippen molar-refractivity contribution in [2.75, 3.05) is 17.3 Å².